The van der Waals surface area contributed by atoms with Crippen LogP contribution in [-0.2, 0) is 13.1 Å². The molecule has 142 valence electrons. The van der Waals surface area contributed by atoms with Crippen LogP contribution in [0.25, 0.3) is 10.9 Å². The molecule has 0 amide bonds. The fraction of sp³-hybridized carbons (Fsp3) is 0.318. The molecule has 1 atom stereocenters. The van der Waals surface area contributed by atoms with Gasteiger partial charge in [-0.15, -0.1) is 0 Å². The Kier molecular flexibility index (Phi) is 6.27. The van der Waals surface area contributed by atoms with Gasteiger partial charge in [0.15, 0.2) is 11.5 Å². The number of methoxy groups -OCH3 is 2. The number of aliphatic hydroxyl groups excluding tert-OH is 1. The summed E-state index contributed by atoms with van der Waals surface area (Å²) in [7, 11) is 3.27. The highest BCUT2D eigenvalue weighted by atomic mass is 16.5. The van der Waals surface area contributed by atoms with Gasteiger partial charge in [0.2, 0.25) is 0 Å². The van der Waals surface area contributed by atoms with Gasteiger partial charge in [-0.3, -0.25) is 9.88 Å². The summed E-state index contributed by atoms with van der Waals surface area (Å²) >= 11 is 0. The van der Waals surface area contributed by atoms with E-state index in [0.717, 1.165) is 22.0 Å². The Labute approximate surface area is 160 Å². The average molecular weight is 366 g/mol. The predicted octanol–water partition coefficient (Wildman–Crippen LogP) is 3.64. The van der Waals surface area contributed by atoms with E-state index >= 15 is 0 Å². The van der Waals surface area contributed by atoms with Crippen molar-refractivity contribution < 1.29 is 14.6 Å². The summed E-state index contributed by atoms with van der Waals surface area (Å²) < 4.78 is 10.7. The van der Waals surface area contributed by atoms with Gasteiger partial charge in [0.1, 0.15) is 0 Å². The van der Waals surface area contributed by atoms with Crippen molar-refractivity contribution in [2.45, 2.75) is 26.1 Å². The molecule has 2 aromatic carbocycles. The maximum atomic E-state index is 9.97. The first-order valence-electron chi connectivity index (χ1n) is 9.04. The highest BCUT2D eigenvalue weighted by Crippen LogP contribution is 2.28. The van der Waals surface area contributed by atoms with Crippen molar-refractivity contribution in [2.24, 2.45) is 0 Å². The second-order valence-electron chi connectivity index (χ2n) is 6.70. The van der Waals surface area contributed by atoms with E-state index in [0.29, 0.717) is 31.1 Å². The first-order valence-corrected chi connectivity index (χ1v) is 9.04. The molecule has 0 saturated carbocycles. The second kappa shape index (κ2) is 8.84. The maximum absolute atomic E-state index is 9.97. The van der Waals surface area contributed by atoms with E-state index in [-0.39, 0.29) is 0 Å². The molecule has 0 saturated heterocycles. The summed E-state index contributed by atoms with van der Waals surface area (Å²) in [4.78, 5) is 6.76. The van der Waals surface area contributed by atoms with Gasteiger partial charge in [-0.25, -0.2) is 0 Å². The molecule has 1 N–H and O–H groups in total. The van der Waals surface area contributed by atoms with Crippen LogP contribution in [0.4, 0.5) is 0 Å². The minimum absolute atomic E-state index is 0.423. The molecule has 0 fully saturated rings. The lowest BCUT2D eigenvalue weighted by molar-refractivity contribution is 0.118. The zero-order valence-corrected chi connectivity index (χ0v) is 16.1. The number of ether oxygens (including phenoxy) is 2. The molecule has 5 nitrogen and oxygen atoms in total. The van der Waals surface area contributed by atoms with E-state index in [1.165, 1.54) is 0 Å². The lowest BCUT2D eigenvalue weighted by atomic mass is 10.1. The molecule has 0 aliphatic heterocycles. The van der Waals surface area contributed by atoms with Crippen molar-refractivity contribution in [1.29, 1.82) is 0 Å². The van der Waals surface area contributed by atoms with Crippen molar-refractivity contribution in [3.63, 3.8) is 0 Å². The summed E-state index contributed by atoms with van der Waals surface area (Å²) in [5.74, 6) is 1.42. The molecule has 3 rings (SSSR count). The van der Waals surface area contributed by atoms with Crippen LogP contribution < -0.4 is 9.47 Å². The number of para-hydroxylation sites is 1. The van der Waals surface area contributed by atoms with E-state index < -0.39 is 6.10 Å². The van der Waals surface area contributed by atoms with Gasteiger partial charge in [0, 0.05) is 31.2 Å². The van der Waals surface area contributed by atoms with Crippen molar-refractivity contribution in [3.05, 3.63) is 65.9 Å². The van der Waals surface area contributed by atoms with Crippen LogP contribution in [0.1, 0.15) is 18.1 Å². The largest absolute Gasteiger partial charge is 0.493 e. The van der Waals surface area contributed by atoms with E-state index in [1.807, 2.05) is 37.4 Å². The van der Waals surface area contributed by atoms with Crippen LogP contribution in [-0.4, -0.2) is 41.9 Å². The average Bonchev–Trinajstić information content (AvgIpc) is 2.67. The van der Waals surface area contributed by atoms with Crippen LogP contribution in [0.3, 0.4) is 0 Å². The number of hydrogen-bond acceptors (Lipinski definition) is 5. The number of pyridine rings is 1. The van der Waals surface area contributed by atoms with Crippen molar-refractivity contribution in [2.75, 3.05) is 20.8 Å². The fourth-order valence-corrected chi connectivity index (χ4v) is 3.33. The van der Waals surface area contributed by atoms with Crippen LogP contribution in [0.5, 0.6) is 11.5 Å². The van der Waals surface area contributed by atoms with Gasteiger partial charge in [0.05, 0.1) is 25.8 Å². The number of aliphatic hydroxyl groups is 1. The molecule has 0 aliphatic rings. The number of hydrogen-bond donors (Lipinski definition) is 1. The Bertz CT molecular complexity index is 890. The third-order valence-electron chi connectivity index (χ3n) is 4.49. The molecule has 1 aromatic heterocycles. The Morgan fingerprint density at radius 3 is 2.52 bits per heavy atom. The number of rotatable bonds is 8. The lowest BCUT2D eigenvalue weighted by Crippen LogP contribution is -2.30. The summed E-state index contributed by atoms with van der Waals surface area (Å²) in [5, 5.41) is 11.1. The van der Waals surface area contributed by atoms with Gasteiger partial charge in [-0.1, -0.05) is 30.3 Å². The van der Waals surface area contributed by atoms with Crippen molar-refractivity contribution in [3.8, 4) is 11.5 Å². The Hall–Kier alpha value is -2.63. The minimum Gasteiger partial charge on any atom is -0.493 e. The molecule has 3 aromatic rings. The number of fused-ring (bicyclic) bond motifs is 1. The summed E-state index contributed by atoms with van der Waals surface area (Å²) in [5.41, 5.74) is 3.25. The zero-order chi connectivity index (χ0) is 19.2. The molecule has 0 radical (unpaired) electrons. The standard InChI is InChI=1S/C22H26N2O3/c1-16(25)13-24(14-17-9-10-20(26-2)21(12-17)27-3)15-19-7-4-6-18-8-5-11-23-22(18)19/h4-12,16,25H,13-15H2,1-3H3. The van der Waals surface area contributed by atoms with Crippen LogP contribution >= 0.6 is 0 Å². The molecule has 27 heavy (non-hydrogen) atoms. The van der Waals surface area contributed by atoms with Crippen LogP contribution in [0, 0.1) is 0 Å². The summed E-state index contributed by atoms with van der Waals surface area (Å²) in [6.45, 7) is 3.77. The first kappa shape index (κ1) is 19.1. The molecule has 0 aliphatic carbocycles. The van der Waals surface area contributed by atoms with E-state index in [4.69, 9.17) is 9.47 Å². The van der Waals surface area contributed by atoms with Crippen molar-refractivity contribution in [1.82, 2.24) is 9.88 Å². The van der Waals surface area contributed by atoms with Crippen molar-refractivity contribution >= 4 is 10.9 Å². The fourth-order valence-electron chi connectivity index (χ4n) is 3.33. The molecular formula is C22H26N2O3. The quantitative estimate of drug-likeness (QED) is 0.660. The van der Waals surface area contributed by atoms with Gasteiger partial charge in [-0.05, 0) is 36.2 Å². The lowest BCUT2D eigenvalue weighted by Gasteiger charge is -2.25. The predicted molar refractivity (Wildman–Crippen MR) is 107 cm³/mol. The third kappa shape index (κ3) is 4.76. The van der Waals surface area contributed by atoms with Crippen LogP contribution in [0.15, 0.2) is 54.7 Å². The summed E-state index contributed by atoms with van der Waals surface area (Å²) in [6.07, 6.45) is 1.40. The Morgan fingerprint density at radius 1 is 1.00 bits per heavy atom. The SMILES string of the molecule is COc1ccc(CN(Cc2cccc3cccnc23)CC(C)O)cc1OC. The number of benzene rings is 2. The first-order chi connectivity index (χ1) is 13.1. The normalized spacial score (nSPS) is 12.3. The topological polar surface area (TPSA) is 54.8 Å². The molecule has 1 heterocycles. The second-order valence-corrected chi connectivity index (χ2v) is 6.70. The van der Waals surface area contributed by atoms with E-state index in [1.54, 1.807) is 14.2 Å². The highest BCUT2D eigenvalue weighted by Gasteiger charge is 2.14. The molecule has 0 bridgehead atoms. The van der Waals surface area contributed by atoms with E-state index in [9.17, 15) is 5.11 Å². The van der Waals surface area contributed by atoms with Crippen LogP contribution in [0.2, 0.25) is 0 Å². The third-order valence-corrected chi connectivity index (χ3v) is 4.49. The van der Waals surface area contributed by atoms with Gasteiger partial charge < -0.3 is 14.6 Å². The molecule has 1 unspecified atom stereocenters. The van der Waals surface area contributed by atoms with Gasteiger partial charge >= 0.3 is 0 Å². The number of nitrogens with zero attached hydrogens (tertiary/aromatic N) is 2. The summed E-state index contributed by atoms with van der Waals surface area (Å²) in [6, 6.07) is 16.2. The maximum Gasteiger partial charge on any atom is 0.161 e. The molecule has 0 spiro atoms. The molecule has 5 heteroatoms. The zero-order valence-electron chi connectivity index (χ0n) is 16.1. The highest BCUT2D eigenvalue weighted by molar-refractivity contribution is 5.81. The monoisotopic (exact) mass is 366 g/mol. The smallest absolute Gasteiger partial charge is 0.161 e. The van der Waals surface area contributed by atoms with Gasteiger partial charge in [-0.2, -0.15) is 0 Å². The Morgan fingerprint density at radius 2 is 1.78 bits per heavy atom. The van der Waals surface area contributed by atoms with E-state index in [2.05, 4.69) is 34.1 Å². The minimum atomic E-state index is -0.423. The Balaban J connectivity index is 1.86. The van der Waals surface area contributed by atoms with Gasteiger partial charge in [0.25, 0.3) is 0 Å². The number of aromatic nitrogens is 1. The molecular weight excluding hydrogens is 340 g/mol.